The number of nitrogens with zero attached hydrogens (tertiary/aromatic N) is 3. The number of carbonyl (C=O) groups is 1. The highest BCUT2D eigenvalue weighted by Gasteiger charge is 2.25. The third-order valence-electron chi connectivity index (χ3n) is 6.32. The van der Waals surface area contributed by atoms with Gasteiger partial charge in [0, 0.05) is 37.1 Å². The number of para-hydroxylation sites is 1. The molecule has 1 aliphatic heterocycles. The highest BCUT2D eigenvalue weighted by Crippen LogP contribution is 2.30. The predicted molar refractivity (Wildman–Crippen MR) is 138 cm³/mol. The van der Waals surface area contributed by atoms with Crippen molar-refractivity contribution in [2.45, 2.75) is 6.92 Å². The molecule has 0 unspecified atom stereocenters. The topological polar surface area (TPSA) is 45.7 Å². The fourth-order valence-electron chi connectivity index (χ4n) is 4.48. The molecule has 0 atom stereocenters. The number of amides is 1. The largest absolute Gasteiger partial charge is 0.497 e. The summed E-state index contributed by atoms with van der Waals surface area (Å²) in [6.07, 6.45) is 0. The number of hydrogen-bond acceptors (Lipinski definition) is 4. The first-order chi connectivity index (χ1) is 16.5. The fourth-order valence-corrected chi connectivity index (χ4v) is 4.73. The molecule has 0 N–H and O–H groups in total. The molecule has 0 saturated carbocycles. The molecule has 1 aromatic heterocycles. The number of fused-ring (bicyclic) bond motifs is 1. The first-order valence-corrected chi connectivity index (χ1v) is 11.8. The van der Waals surface area contributed by atoms with Crippen LogP contribution in [0.25, 0.3) is 22.2 Å². The quantitative estimate of drug-likeness (QED) is 0.375. The minimum Gasteiger partial charge on any atom is -0.497 e. The zero-order valence-electron chi connectivity index (χ0n) is 19.3. The van der Waals surface area contributed by atoms with E-state index in [9.17, 15) is 4.79 Å². The van der Waals surface area contributed by atoms with E-state index in [0.717, 1.165) is 57.3 Å². The molecule has 0 bridgehead atoms. The third-order valence-corrected chi connectivity index (χ3v) is 6.64. The Hall–Kier alpha value is -3.57. The van der Waals surface area contributed by atoms with Crippen molar-refractivity contribution in [3.05, 3.63) is 88.9 Å². The summed E-state index contributed by atoms with van der Waals surface area (Å²) in [6, 6.07) is 23.6. The summed E-state index contributed by atoms with van der Waals surface area (Å²) >= 11 is 6.39. The second-order valence-electron chi connectivity index (χ2n) is 8.54. The number of hydrogen-bond donors (Lipinski definition) is 0. The van der Waals surface area contributed by atoms with Crippen LogP contribution < -0.4 is 9.64 Å². The van der Waals surface area contributed by atoms with Crippen molar-refractivity contribution in [3.8, 4) is 17.0 Å². The highest BCUT2D eigenvalue weighted by atomic mass is 35.5. The number of aryl methyl sites for hydroxylation is 1. The molecule has 1 fully saturated rings. The van der Waals surface area contributed by atoms with Gasteiger partial charge in [-0.2, -0.15) is 0 Å². The maximum Gasteiger partial charge on any atom is 0.254 e. The molecule has 6 heteroatoms. The Labute approximate surface area is 204 Å². The van der Waals surface area contributed by atoms with Gasteiger partial charge in [-0.3, -0.25) is 4.79 Å². The van der Waals surface area contributed by atoms with Gasteiger partial charge in [0.05, 0.1) is 34.6 Å². The number of ether oxygens (including phenoxy) is 1. The predicted octanol–water partition coefficient (Wildman–Crippen LogP) is 5.83. The summed E-state index contributed by atoms with van der Waals surface area (Å²) < 4.78 is 5.39. The fraction of sp³-hybridized carbons (Fsp3) is 0.214. The molecule has 1 aliphatic rings. The van der Waals surface area contributed by atoms with E-state index in [1.165, 1.54) is 0 Å². The maximum absolute atomic E-state index is 13.8. The lowest BCUT2D eigenvalue weighted by Crippen LogP contribution is -2.49. The van der Waals surface area contributed by atoms with E-state index in [0.29, 0.717) is 18.7 Å². The van der Waals surface area contributed by atoms with Gasteiger partial charge in [0.25, 0.3) is 5.91 Å². The van der Waals surface area contributed by atoms with Gasteiger partial charge in [0.2, 0.25) is 0 Å². The Bertz CT molecular complexity index is 1360. The molecular weight excluding hydrogens is 446 g/mol. The summed E-state index contributed by atoms with van der Waals surface area (Å²) in [7, 11) is 1.65. The highest BCUT2D eigenvalue weighted by molar-refractivity contribution is 6.33. The third kappa shape index (κ3) is 4.31. The van der Waals surface area contributed by atoms with Crippen molar-refractivity contribution in [2.24, 2.45) is 0 Å². The first kappa shape index (κ1) is 22.2. The van der Waals surface area contributed by atoms with Gasteiger partial charge in [0.15, 0.2) is 0 Å². The van der Waals surface area contributed by atoms with Gasteiger partial charge < -0.3 is 14.5 Å². The number of carbonyl (C=O) groups excluding carboxylic acids is 1. The van der Waals surface area contributed by atoms with Crippen molar-refractivity contribution in [1.82, 2.24) is 9.88 Å². The molecule has 0 radical (unpaired) electrons. The monoisotopic (exact) mass is 471 g/mol. The lowest BCUT2D eigenvalue weighted by Gasteiger charge is -2.36. The number of piperazine rings is 1. The molecule has 0 aliphatic carbocycles. The van der Waals surface area contributed by atoms with Gasteiger partial charge >= 0.3 is 0 Å². The van der Waals surface area contributed by atoms with Gasteiger partial charge in [-0.1, -0.05) is 47.5 Å². The van der Waals surface area contributed by atoms with Crippen LogP contribution in [0.2, 0.25) is 5.02 Å². The number of pyridine rings is 1. The molecule has 5 rings (SSSR count). The number of aromatic nitrogens is 1. The molecule has 34 heavy (non-hydrogen) atoms. The summed E-state index contributed by atoms with van der Waals surface area (Å²) in [5.74, 6) is 0.785. The second kappa shape index (κ2) is 9.35. The van der Waals surface area contributed by atoms with Crippen molar-refractivity contribution in [2.75, 3.05) is 38.2 Å². The minimum absolute atomic E-state index is 0.0287. The maximum atomic E-state index is 13.8. The molecule has 1 saturated heterocycles. The second-order valence-corrected chi connectivity index (χ2v) is 8.95. The van der Waals surface area contributed by atoms with Crippen molar-refractivity contribution >= 4 is 34.1 Å². The Morgan fingerprint density at radius 2 is 1.74 bits per heavy atom. The molecule has 172 valence electrons. The molecule has 4 aromatic rings. The number of halogens is 1. The van der Waals surface area contributed by atoms with Crippen LogP contribution in [0.1, 0.15) is 15.9 Å². The molecule has 5 nitrogen and oxygen atoms in total. The zero-order valence-corrected chi connectivity index (χ0v) is 20.0. The Kier molecular flexibility index (Phi) is 6.12. The standard InChI is InChI=1S/C28H26ClN3O2/c1-19-10-11-25-22(16-19)23(18-26(30-25)20-6-5-7-21(17-20)34-2)28(33)32-14-12-31(13-15-32)27-9-4-3-8-24(27)29/h3-11,16-18H,12-15H2,1-2H3. The van der Waals surface area contributed by atoms with Crippen LogP contribution in [0.15, 0.2) is 72.8 Å². The number of methoxy groups -OCH3 is 1. The number of rotatable bonds is 4. The smallest absolute Gasteiger partial charge is 0.254 e. The van der Waals surface area contributed by atoms with Gasteiger partial charge in [-0.25, -0.2) is 4.98 Å². The summed E-state index contributed by atoms with van der Waals surface area (Å²) in [6.45, 7) is 4.77. The Balaban J connectivity index is 1.48. The van der Waals surface area contributed by atoms with Crippen molar-refractivity contribution < 1.29 is 9.53 Å². The van der Waals surface area contributed by atoms with Gasteiger partial charge in [-0.15, -0.1) is 0 Å². The number of benzene rings is 3. The lowest BCUT2D eigenvalue weighted by atomic mass is 10.0. The van der Waals surface area contributed by atoms with E-state index in [1.54, 1.807) is 7.11 Å². The van der Waals surface area contributed by atoms with E-state index < -0.39 is 0 Å². The average Bonchev–Trinajstić information content (AvgIpc) is 2.88. The summed E-state index contributed by atoms with van der Waals surface area (Å²) in [4.78, 5) is 22.8. The van der Waals surface area contributed by atoms with Crippen LogP contribution in [0, 0.1) is 6.92 Å². The Morgan fingerprint density at radius 3 is 2.50 bits per heavy atom. The van der Waals surface area contributed by atoms with E-state index in [-0.39, 0.29) is 5.91 Å². The SMILES string of the molecule is COc1cccc(-c2cc(C(=O)N3CCN(c4ccccc4Cl)CC3)c3cc(C)ccc3n2)c1. The van der Waals surface area contributed by atoms with Crippen LogP contribution >= 0.6 is 11.6 Å². The molecule has 3 aromatic carbocycles. The van der Waals surface area contributed by atoms with Crippen LogP contribution in [-0.4, -0.2) is 49.1 Å². The van der Waals surface area contributed by atoms with E-state index in [2.05, 4.69) is 4.90 Å². The normalized spacial score (nSPS) is 13.9. The van der Waals surface area contributed by atoms with Crippen LogP contribution in [0.5, 0.6) is 5.75 Å². The lowest BCUT2D eigenvalue weighted by molar-refractivity contribution is 0.0749. The zero-order chi connectivity index (χ0) is 23.7. The summed E-state index contributed by atoms with van der Waals surface area (Å²) in [5, 5.41) is 1.62. The van der Waals surface area contributed by atoms with Gasteiger partial charge in [0.1, 0.15) is 5.75 Å². The Morgan fingerprint density at radius 1 is 0.941 bits per heavy atom. The van der Waals surface area contributed by atoms with Crippen LogP contribution in [-0.2, 0) is 0 Å². The number of anilines is 1. The molecule has 1 amide bonds. The minimum atomic E-state index is 0.0287. The van der Waals surface area contributed by atoms with Crippen LogP contribution in [0.3, 0.4) is 0 Å². The average molecular weight is 472 g/mol. The van der Waals surface area contributed by atoms with E-state index in [4.69, 9.17) is 21.3 Å². The van der Waals surface area contributed by atoms with E-state index in [1.807, 2.05) is 84.6 Å². The van der Waals surface area contributed by atoms with Crippen LogP contribution in [0.4, 0.5) is 5.69 Å². The van der Waals surface area contributed by atoms with Crippen molar-refractivity contribution in [1.29, 1.82) is 0 Å². The van der Waals surface area contributed by atoms with Gasteiger partial charge in [-0.05, 0) is 49.4 Å². The van der Waals surface area contributed by atoms with Crippen molar-refractivity contribution in [3.63, 3.8) is 0 Å². The first-order valence-electron chi connectivity index (χ1n) is 11.4. The molecular formula is C28H26ClN3O2. The van der Waals surface area contributed by atoms with E-state index >= 15 is 0 Å². The summed E-state index contributed by atoms with van der Waals surface area (Å²) in [5.41, 5.74) is 5.27. The molecule has 0 spiro atoms. The molecule has 2 heterocycles.